The highest BCUT2D eigenvalue weighted by molar-refractivity contribution is 7.14. The summed E-state index contributed by atoms with van der Waals surface area (Å²) in [5.74, 6) is -0.488. The molecule has 1 unspecified atom stereocenters. The van der Waals surface area contributed by atoms with Gasteiger partial charge in [-0.05, 0) is 24.6 Å². The first-order chi connectivity index (χ1) is 12.0. The normalized spacial score (nSPS) is 15.8. The van der Waals surface area contributed by atoms with Crippen molar-refractivity contribution in [2.45, 2.75) is 12.8 Å². The number of rotatable bonds is 3. The van der Waals surface area contributed by atoms with Gasteiger partial charge in [0.05, 0.1) is 11.6 Å². The first kappa shape index (κ1) is 15.5. The maximum atomic E-state index is 12.1. The molecule has 0 aliphatic carbocycles. The molecular weight excluding hydrogens is 340 g/mol. The molecule has 2 N–H and O–H groups in total. The Kier molecular flexibility index (Phi) is 3.57. The van der Waals surface area contributed by atoms with Crippen molar-refractivity contribution >= 4 is 34.0 Å². The lowest BCUT2D eigenvalue weighted by Gasteiger charge is -2.04. The summed E-state index contributed by atoms with van der Waals surface area (Å²) < 4.78 is 1.46. The first-order valence-electron chi connectivity index (χ1n) is 7.59. The number of fused-ring (bicyclic) bond motifs is 1. The number of nitrogens with zero attached hydrogens (tertiary/aromatic N) is 4. The van der Waals surface area contributed by atoms with Crippen LogP contribution in [-0.2, 0) is 11.8 Å². The average Bonchev–Trinajstić information content (AvgIpc) is 3.29. The van der Waals surface area contributed by atoms with Crippen molar-refractivity contribution in [3.8, 4) is 11.3 Å². The number of hydrogen-bond donors (Lipinski definition) is 2. The van der Waals surface area contributed by atoms with Crippen LogP contribution in [0.1, 0.15) is 29.0 Å². The van der Waals surface area contributed by atoms with Crippen LogP contribution in [0.15, 0.2) is 29.9 Å². The van der Waals surface area contributed by atoms with Crippen LogP contribution < -0.4 is 10.6 Å². The number of nitrogens with one attached hydrogen (secondary N) is 2. The van der Waals surface area contributed by atoms with Gasteiger partial charge in [-0.1, -0.05) is 6.07 Å². The fourth-order valence-corrected chi connectivity index (χ4v) is 3.35. The molecule has 3 heterocycles. The lowest BCUT2D eigenvalue weighted by molar-refractivity contribution is -0.116. The number of aryl methyl sites for hydroxylation is 1. The van der Waals surface area contributed by atoms with Crippen LogP contribution >= 0.6 is 11.3 Å². The van der Waals surface area contributed by atoms with Crippen molar-refractivity contribution < 1.29 is 9.59 Å². The second kappa shape index (κ2) is 5.78. The fraction of sp³-hybridized carbons (Fsp3) is 0.188. The third-order valence-electron chi connectivity index (χ3n) is 3.99. The summed E-state index contributed by atoms with van der Waals surface area (Å²) >= 11 is 1.32. The molecule has 0 spiro atoms. The number of carbonyl (C=O) groups excluding carboxylic acids is 2. The maximum absolute atomic E-state index is 12.1. The molecule has 8 nitrogen and oxygen atoms in total. The summed E-state index contributed by atoms with van der Waals surface area (Å²) in [5.41, 5.74) is 3.43. The van der Waals surface area contributed by atoms with Gasteiger partial charge in [-0.3, -0.25) is 19.6 Å². The van der Waals surface area contributed by atoms with E-state index in [2.05, 4.69) is 25.7 Å². The van der Waals surface area contributed by atoms with E-state index < -0.39 is 5.91 Å². The molecule has 0 saturated carbocycles. The molecule has 2 amide bonds. The van der Waals surface area contributed by atoms with Gasteiger partial charge in [-0.2, -0.15) is 0 Å². The summed E-state index contributed by atoms with van der Waals surface area (Å²) in [5, 5.41) is 11.8. The van der Waals surface area contributed by atoms with E-state index >= 15 is 0 Å². The third kappa shape index (κ3) is 2.78. The average molecular weight is 354 g/mol. The smallest absolute Gasteiger partial charge is 0.297 e. The van der Waals surface area contributed by atoms with Gasteiger partial charge in [0.15, 0.2) is 5.13 Å². The number of anilines is 2. The highest BCUT2D eigenvalue weighted by Gasteiger charge is 2.26. The van der Waals surface area contributed by atoms with Crippen LogP contribution in [0.2, 0.25) is 0 Å². The molecule has 4 rings (SSSR count). The summed E-state index contributed by atoms with van der Waals surface area (Å²) in [4.78, 5) is 32.2. The zero-order chi connectivity index (χ0) is 17.6. The first-order valence-corrected chi connectivity index (χ1v) is 8.47. The van der Waals surface area contributed by atoms with Crippen molar-refractivity contribution in [2.24, 2.45) is 7.05 Å². The van der Waals surface area contributed by atoms with E-state index in [1.807, 2.05) is 30.5 Å². The van der Waals surface area contributed by atoms with E-state index in [1.54, 1.807) is 7.05 Å². The van der Waals surface area contributed by atoms with Crippen LogP contribution in [0.5, 0.6) is 0 Å². The van der Waals surface area contributed by atoms with Crippen LogP contribution in [0.4, 0.5) is 10.8 Å². The molecule has 0 bridgehead atoms. The molecule has 25 heavy (non-hydrogen) atoms. The molecule has 9 heteroatoms. The second-order valence-electron chi connectivity index (χ2n) is 5.75. The summed E-state index contributed by atoms with van der Waals surface area (Å²) in [6.45, 7) is 1.87. The van der Waals surface area contributed by atoms with Crippen molar-refractivity contribution in [3.63, 3.8) is 0 Å². The zero-order valence-electron chi connectivity index (χ0n) is 13.5. The van der Waals surface area contributed by atoms with E-state index in [0.717, 1.165) is 22.5 Å². The van der Waals surface area contributed by atoms with Crippen molar-refractivity contribution in [1.82, 2.24) is 19.7 Å². The predicted molar refractivity (Wildman–Crippen MR) is 93.6 cm³/mol. The van der Waals surface area contributed by atoms with Crippen molar-refractivity contribution in [3.05, 3.63) is 41.3 Å². The Balaban J connectivity index is 1.56. The number of amides is 2. The highest BCUT2D eigenvalue weighted by atomic mass is 32.1. The van der Waals surface area contributed by atoms with Crippen molar-refractivity contribution in [2.75, 3.05) is 10.6 Å². The minimum Gasteiger partial charge on any atom is -0.325 e. The Hall–Kier alpha value is -3.07. The van der Waals surface area contributed by atoms with Gasteiger partial charge >= 0.3 is 0 Å². The van der Waals surface area contributed by atoms with E-state index in [-0.39, 0.29) is 17.6 Å². The molecule has 1 aromatic carbocycles. The monoisotopic (exact) mass is 354 g/mol. The maximum Gasteiger partial charge on any atom is 0.297 e. The number of thiazole rings is 1. The largest absolute Gasteiger partial charge is 0.325 e. The van der Waals surface area contributed by atoms with E-state index in [1.165, 1.54) is 22.3 Å². The molecule has 1 atom stereocenters. The molecule has 0 fully saturated rings. The van der Waals surface area contributed by atoms with Gasteiger partial charge in [0, 0.05) is 23.7 Å². The van der Waals surface area contributed by atoms with Gasteiger partial charge in [-0.15, -0.1) is 16.4 Å². The lowest BCUT2D eigenvalue weighted by atomic mass is 10.00. The number of hydrogen-bond acceptors (Lipinski definition) is 6. The molecule has 1 aliphatic rings. The molecule has 1 aliphatic heterocycles. The molecule has 3 aromatic rings. The van der Waals surface area contributed by atoms with Crippen molar-refractivity contribution in [1.29, 1.82) is 0 Å². The van der Waals surface area contributed by atoms with Gasteiger partial charge in [-0.25, -0.2) is 9.97 Å². The van der Waals surface area contributed by atoms with Crippen LogP contribution in [-0.4, -0.2) is 31.6 Å². The topological polar surface area (TPSA) is 102 Å². The minimum atomic E-state index is -0.404. The number of carbonyl (C=O) groups is 2. The SMILES string of the molecule is CC1C(=O)Nc2ccc(-c3csc(NC(=O)c4ncn(C)n4)n3)cc21. The van der Waals surface area contributed by atoms with Gasteiger partial charge in [0.2, 0.25) is 11.7 Å². The Labute approximate surface area is 146 Å². The molecular formula is C16H14N6O2S. The van der Waals surface area contributed by atoms with Gasteiger partial charge in [0.1, 0.15) is 6.33 Å². The highest BCUT2D eigenvalue weighted by Crippen LogP contribution is 2.36. The molecule has 0 saturated heterocycles. The Bertz CT molecular complexity index is 992. The second-order valence-corrected chi connectivity index (χ2v) is 6.60. The third-order valence-corrected chi connectivity index (χ3v) is 4.75. The quantitative estimate of drug-likeness (QED) is 0.751. The lowest BCUT2D eigenvalue weighted by Crippen LogP contribution is -2.14. The zero-order valence-corrected chi connectivity index (χ0v) is 14.3. The van der Waals surface area contributed by atoms with E-state index in [4.69, 9.17) is 0 Å². The molecule has 126 valence electrons. The standard InChI is InChI=1S/C16H14N6O2S/c1-8-10-5-9(3-4-11(10)18-14(8)23)12-6-25-16(19-12)20-15(24)13-17-7-22(2)21-13/h3-8H,1-2H3,(H,18,23)(H,19,20,24). The number of aromatic nitrogens is 4. The Morgan fingerprint density at radius 1 is 1.40 bits per heavy atom. The minimum absolute atomic E-state index is 0.00115. The van der Waals surface area contributed by atoms with Crippen LogP contribution in [0.3, 0.4) is 0 Å². The Morgan fingerprint density at radius 3 is 3.00 bits per heavy atom. The van der Waals surface area contributed by atoms with Gasteiger partial charge in [0.25, 0.3) is 5.91 Å². The molecule has 2 aromatic heterocycles. The van der Waals surface area contributed by atoms with E-state index in [9.17, 15) is 9.59 Å². The number of benzene rings is 1. The van der Waals surface area contributed by atoms with Gasteiger partial charge < -0.3 is 5.32 Å². The van der Waals surface area contributed by atoms with Crippen LogP contribution in [0.25, 0.3) is 11.3 Å². The fourth-order valence-electron chi connectivity index (χ4n) is 2.64. The summed E-state index contributed by atoms with van der Waals surface area (Å²) in [6, 6.07) is 5.73. The van der Waals surface area contributed by atoms with E-state index in [0.29, 0.717) is 5.13 Å². The summed E-state index contributed by atoms with van der Waals surface area (Å²) in [7, 11) is 1.69. The Morgan fingerprint density at radius 2 is 2.24 bits per heavy atom. The predicted octanol–water partition coefficient (Wildman–Crippen LogP) is 2.25. The summed E-state index contributed by atoms with van der Waals surface area (Å²) in [6.07, 6.45) is 1.46. The molecule has 0 radical (unpaired) electrons. The van der Waals surface area contributed by atoms with Crippen LogP contribution in [0, 0.1) is 0 Å².